The molecule has 3 nitrogen and oxygen atoms in total. The highest BCUT2D eigenvalue weighted by Crippen LogP contribution is 2.19. The molecule has 0 bridgehead atoms. The number of nitriles is 1. The van der Waals surface area contributed by atoms with Crippen LogP contribution < -0.4 is 0 Å². The van der Waals surface area contributed by atoms with Crippen molar-refractivity contribution in [3.05, 3.63) is 35.4 Å². The maximum Gasteiger partial charge on any atom is 0.338 e. The molecule has 1 unspecified atom stereocenters. The molecule has 0 heterocycles. The summed E-state index contributed by atoms with van der Waals surface area (Å²) in [5.41, 5.74) is 1.20. The summed E-state index contributed by atoms with van der Waals surface area (Å²) in [5.74, 6) is -0.666. The Balaban J connectivity index is 3.07. The van der Waals surface area contributed by atoms with Crippen LogP contribution in [-0.2, 0) is 4.74 Å². The van der Waals surface area contributed by atoms with Gasteiger partial charge >= 0.3 is 5.97 Å². The van der Waals surface area contributed by atoms with Gasteiger partial charge in [0.15, 0.2) is 0 Å². The minimum atomic E-state index is -0.366. The Hall–Kier alpha value is -1.82. The zero-order valence-corrected chi connectivity index (χ0v) is 8.86. The fraction of sp³-hybridized carbons (Fsp3) is 0.333. The van der Waals surface area contributed by atoms with Gasteiger partial charge in [-0.25, -0.2) is 4.79 Å². The Morgan fingerprint density at radius 2 is 2.20 bits per heavy atom. The fourth-order valence-corrected chi connectivity index (χ4v) is 1.34. The van der Waals surface area contributed by atoms with E-state index >= 15 is 0 Å². The van der Waals surface area contributed by atoms with Crippen LogP contribution in [-0.4, -0.2) is 12.6 Å². The summed E-state index contributed by atoms with van der Waals surface area (Å²) in [4.78, 5) is 11.6. The molecule has 0 aliphatic heterocycles. The SMILES string of the molecule is CCOC(=O)c1ccccc1C(C)C#N. The van der Waals surface area contributed by atoms with Crippen molar-refractivity contribution in [2.24, 2.45) is 0 Å². The van der Waals surface area contributed by atoms with Gasteiger partial charge in [0.05, 0.1) is 24.2 Å². The Labute approximate surface area is 89.3 Å². The minimum Gasteiger partial charge on any atom is -0.462 e. The van der Waals surface area contributed by atoms with Crippen molar-refractivity contribution in [2.75, 3.05) is 6.61 Å². The Morgan fingerprint density at radius 3 is 2.80 bits per heavy atom. The summed E-state index contributed by atoms with van der Waals surface area (Å²) in [5, 5.41) is 8.82. The number of carbonyl (C=O) groups is 1. The van der Waals surface area contributed by atoms with Crippen LogP contribution in [0.15, 0.2) is 24.3 Å². The van der Waals surface area contributed by atoms with Gasteiger partial charge in [-0.3, -0.25) is 0 Å². The lowest BCUT2D eigenvalue weighted by molar-refractivity contribution is 0.0525. The maximum atomic E-state index is 11.6. The van der Waals surface area contributed by atoms with Crippen LogP contribution in [0.3, 0.4) is 0 Å². The number of ether oxygens (including phenoxy) is 1. The molecule has 1 aromatic rings. The number of esters is 1. The molecule has 1 rings (SSSR count). The van der Waals surface area contributed by atoms with E-state index in [1.807, 2.05) is 6.07 Å². The van der Waals surface area contributed by atoms with Crippen LogP contribution in [0, 0.1) is 11.3 Å². The molecule has 78 valence electrons. The summed E-state index contributed by atoms with van der Waals surface area (Å²) >= 11 is 0. The smallest absolute Gasteiger partial charge is 0.338 e. The van der Waals surface area contributed by atoms with Gasteiger partial charge in [0.1, 0.15) is 0 Å². The number of rotatable bonds is 3. The van der Waals surface area contributed by atoms with Crippen LogP contribution >= 0.6 is 0 Å². The van der Waals surface area contributed by atoms with E-state index in [1.165, 1.54) is 0 Å². The first-order chi connectivity index (χ1) is 7.20. The third kappa shape index (κ3) is 2.57. The summed E-state index contributed by atoms with van der Waals surface area (Å²) < 4.78 is 4.91. The highest BCUT2D eigenvalue weighted by molar-refractivity contribution is 5.91. The van der Waals surface area contributed by atoms with E-state index in [0.29, 0.717) is 12.2 Å². The Morgan fingerprint density at radius 1 is 1.53 bits per heavy atom. The highest BCUT2D eigenvalue weighted by atomic mass is 16.5. The van der Waals surface area contributed by atoms with Gasteiger partial charge in [0.2, 0.25) is 0 Å². The van der Waals surface area contributed by atoms with Gasteiger partial charge in [0.25, 0.3) is 0 Å². The molecule has 0 aliphatic rings. The van der Waals surface area contributed by atoms with E-state index < -0.39 is 0 Å². The second-order valence-corrected chi connectivity index (χ2v) is 3.16. The third-order valence-electron chi connectivity index (χ3n) is 2.12. The van der Waals surface area contributed by atoms with Crippen molar-refractivity contribution in [1.29, 1.82) is 5.26 Å². The first kappa shape index (κ1) is 11.3. The molecule has 0 saturated carbocycles. The first-order valence-electron chi connectivity index (χ1n) is 4.86. The normalized spacial score (nSPS) is 11.5. The van der Waals surface area contributed by atoms with Crippen LogP contribution in [0.1, 0.15) is 35.7 Å². The highest BCUT2D eigenvalue weighted by Gasteiger charge is 2.15. The van der Waals surface area contributed by atoms with Gasteiger partial charge in [0, 0.05) is 0 Å². The van der Waals surface area contributed by atoms with E-state index in [2.05, 4.69) is 6.07 Å². The standard InChI is InChI=1S/C12H13NO2/c1-3-15-12(14)11-7-5-4-6-10(11)9(2)8-13/h4-7,9H,3H2,1-2H3. The van der Waals surface area contributed by atoms with Crippen molar-refractivity contribution in [2.45, 2.75) is 19.8 Å². The molecule has 3 heteroatoms. The number of nitrogens with zero attached hydrogens (tertiary/aromatic N) is 1. The molecule has 0 spiro atoms. The van der Waals surface area contributed by atoms with E-state index in [1.54, 1.807) is 32.0 Å². The van der Waals surface area contributed by atoms with Gasteiger partial charge in [-0.2, -0.15) is 5.26 Å². The van der Waals surface area contributed by atoms with E-state index in [4.69, 9.17) is 10.00 Å². The van der Waals surface area contributed by atoms with Gasteiger partial charge < -0.3 is 4.74 Å². The first-order valence-corrected chi connectivity index (χ1v) is 4.86. The summed E-state index contributed by atoms with van der Waals surface area (Å²) in [7, 11) is 0. The van der Waals surface area contributed by atoms with Crippen molar-refractivity contribution in [3.8, 4) is 6.07 Å². The van der Waals surface area contributed by atoms with Crippen LogP contribution in [0.5, 0.6) is 0 Å². The van der Waals surface area contributed by atoms with Crippen LogP contribution in [0.25, 0.3) is 0 Å². The molecule has 0 radical (unpaired) electrons. The predicted molar refractivity (Wildman–Crippen MR) is 56.4 cm³/mol. The number of benzene rings is 1. The topological polar surface area (TPSA) is 50.1 Å². The van der Waals surface area contributed by atoms with Gasteiger partial charge in [-0.15, -0.1) is 0 Å². The molecular weight excluding hydrogens is 190 g/mol. The molecule has 0 aromatic heterocycles. The minimum absolute atomic E-state index is 0.300. The summed E-state index contributed by atoms with van der Waals surface area (Å²) in [6.07, 6.45) is 0. The van der Waals surface area contributed by atoms with E-state index in [-0.39, 0.29) is 11.9 Å². The third-order valence-corrected chi connectivity index (χ3v) is 2.12. The molecule has 15 heavy (non-hydrogen) atoms. The summed E-state index contributed by atoms with van der Waals surface area (Å²) in [6, 6.07) is 9.15. The number of carbonyl (C=O) groups excluding carboxylic acids is 1. The number of hydrogen-bond acceptors (Lipinski definition) is 3. The quantitative estimate of drug-likeness (QED) is 0.709. The van der Waals surface area contributed by atoms with Crippen LogP contribution in [0.2, 0.25) is 0 Å². The second-order valence-electron chi connectivity index (χ2n) is 3.16. The van der Waals surface area contributed by atoms with E-state index in [0.717, 1.165) is 5.56 Å². The lowest BCUT2D eigenvalue weighted by atomic mass is 9.97. The van der Waals surface area contributed by atoms with Gasteiger partial charge in [-0.1, -0.05) is 18.2 Å². The van der Waals surface area contributed by atoms with Crippen molar-refractivity contribution >= 4 is 5.97 Å². The Bertz CT molecular complexity index is 393. The van der Waals surface area contributed by atoms with Crippen molar-refractivity contribution in [3.63, 3.8) is 0 Å². The van der Waals surface area contributed by atoms with Gasteiger partial charge in [-0.05, 0) is 25.5 Å². The number of hydrogen-bond donors (Lipinski definition) is 0. The molecule has 0 N–H and O–H groups in total. The second kappa shape index (κ2) is 5.16. The molecular formula is C12H13NO2. The predicted octanol–water partition coefficient (Wildman–Crippen LogP) is 2.49. The Kier molecular flexibility index (Phi) is 3.87. The molecule has 0 fully saturated rings. The average molecular weight is 203 g/mol. The van der Waals surface area contributed by atoms with Crippen molar-refractivity contribution in [1.82, 2.24) is 0 Å². The van der Waals surface area contributed by atoms with Crippen LogP contribution in [0.4, 0.5) is 0 Å². The average Bonchev–Trinajstić information content (AvgIpc) is 2.28. The molecule has 0 saturated heterocycles. The monoisotopic (exact) mass is 203 g/mol. The lowest BCUT2D eigenvalue weighted by Gasteiger charge is -2.09. The maximum absolute atomic E-state index is 11.6. The molecule has 1 aromatic carbocycles. The van der Waals surface area contributed by atoms with Crippen molar-refractivity contribution < 1.29 is 9.53 Å². The zero-order valence-electron chi connectivity index (χ0n) is 8.86. The molecule has 0 aliphatic carbocycles. The van der Waals surface area contributed by atoms with E-state index in [9.17, 15) is 4.79 Å². The zero-order chi connectivity index (χ0) is 11.3. The molecule has 1 atom stereocenters. The lowest BCUT2D eigenvalue weighted by Crippen LogP contribution is -2.09. The largest absolute Gasteiger partial charge is 0.462 e. The molecule has 0 amide bonds. The summed E-state index contributed by atoms with van der Waals surface area (Å²) in [6.45, 7) is 3.86. The fourth-order valence-electron chi connectivity index (χ4n) is 1.34.